The molecule has 0 aliphatic carbocycles. The van der Waals surface area contributed by atoms with E-state index in [0.717, 1.165) is 24.3 Å². The van der Waals surface area contributed by atoms with Gasteiger partial charge in [-0.15, -0.1) is 0 Å². The molecule has 0 aliphatic rings. The van der Waals surface area contributed by atoms with Gasteiger partial charge in [-0.2, -0.15) is 13.2 Å². The zero-order valence-corrected chi connectivity index (χ0v) is 21.9. The molecule has 2 aromatic carbocycles. The number of fused-ring (bicyclic) bond motifs is 1. The highest BCUT2D eigenvalue weighted by atomic mass is 19.4. The summed E-state index contributed by atoms with van der Waals surface area (Å²) in [4.78, 5) is 34.0. The van der Waals surface area contributed by atoms with Gasteiger partial charge < -0.3 is 14.5 Å². The van der Waals surface area contributed by atoms with Gasteiger partial charge in [-0.25, -0.2) is 18.7 Å². The molecule has 3 aromatic heterocycles. The molecule has 0 saturated carbocycles. The molecule has 3 heterocycles. The van der Waals surface area contributed by atoms with Crippen LogP contribution in [-0.2, 0) is 20.3 Å². The lowest BCUT2D eigenvalue weighted by Gasteiger charge is -2.22. The maximum Gasteiger partial charge on any atom is 0.418 e. The smallest absolute Gasteiger partial charge is 0.378 e. The van der Waals surface area contributed by atoms with Gasteiger partial charge in [0.1, 0.15) is 11.6 Å². The summed E-state index contributed by atoms with van der Waals surface area (Å²) in [7, 11) is 3.08. The number of nitrogens with one attached hydrogen (secondary N) is 1. The third-order valence-corrected chi connectivity index (χ3v) is 6.84. The van der Waals surface area contributed by atoms with Crippen LogP contribution in [0.15, 0.2) is 76.6 Å². The molecular formula is C29H22F5N5O2. The fourth-order valence-corrected chi connectivity index (χ4v) is 4.70. The van der Waals surface area contributed by atoms with Gasteiger partial charge in [0.2, 0.25) is 0 Å². The van der Waals surface area contributed by atoms with E-state index >= 15 is 0 Å². The fourth-order valence-electron chi connectivity index (χ4n) is 4.70. The molecule has 0 fully saturated rings. The van der Waals surface area contributed by atoms with Crippen molar-refractivity contribution in [3.05, 3.63) is 110 Å². The van der Waals surface area contributed by atoms with Gasteiger partial charge in [0.15, 0.2) is 5.82 Å². The minimum atomic E-state index is -4.84. The highest BCUT2D eigenvalue weighted by Crippen LogP contribution is 2.37. The van der Waals surface area contributed by atoms with Crippen molar-refractivity contribution in [1.82, 2.24) is 19.1 Å². The zero-order chi connectivity index (χ0) is 29.6. The molecule has 5 aromatic rings. The number of hydrogen-bond donors (Lipinski definition) is 1. The third kappa shape index (κ3) is 5.20. The van der Waals surface area contributed by atoms with Crippen molar-refractivity contribution in [2.24, 2.45) is 14.1 Å². The van der Waals surface area contributed by atoms with E-state index in [1.165, 1.54) is 41.6 Å². The van der Waals surface area contributed by atoms with Crippen LogP contribution in [0.25, 0.3) is 33.5 Å². The Kier molecular flexibility index (Phi) is 6.93. The molecule has 0 aliphatic heterocycles. The van der Waals surface area contributed by atoms with E-state index in [0.29, 0.717) is 28.4 Å². The summed E-state index contributed by atoms with van der Waals surface area (Å²) in [6, 6.07) is 9.78. The molecule has 1 N–H and O–H groups in total. The molecule has 5 rings (SSSR count). The van der Waals surface area contributed by atoms with E-state index in [4.69, 9.17) is 0 Å². The number of halogens is 5. The Labute approximate surface area is 229 Å². The molecule has 0 unspecified atom stereocenters. The van der Waals surface area contributed by atoms with E-state index in [9.17, 15) is 31.5 Å². The largest absolute Gasteiger partial charge is 0.418 e. The number of aromatic nitrogens is 4. The summed E-state index contributed by atoms with van der Waals surface area (Å²) in [5.74, 6) is -1.52. The lowest BCUT2D eigenvalue weighted by molar-refractivity contribution is -0.137. The molecule has 0 saturated heterocycles. The van der Waals surface area contributed by atoms with Gasteiger partial charge in [0, 0.05) is 49.8 Å². The first-order chi connectivity index (χ1) is 19.3. The third-order valence-electron chi connectivity index (χ3n) is 6.84. The molecule has 7 nitrogen and oxygen atoms in total. The minimum absolute atomic E-state index is 0.0203. The second-order valence-electron chi connectivity index (χ2n) is 9.51. The van der Waals surface area contributed by atoms with E-state index in [1.54, 1.807) is 25.2 Å². The normalized spacial score (nSPS) is 12.5. The highest BCUT2D eigenvalue weighted by Gasteiger charge is 2.34. The molecule has 12 heteroatoms. The second-order valence-corrected chi connectivity index (χ2v) is 9.51. The Morgan fingerprint density at radius 2 is 1.54 bits per heavy atom. The summed E-state index contributed by atoms with van der Waals surface area (Å²) >= 11 is 0. The maximum atomic E-state index is 14.7. The van der Waals surface area contributed by atoms with Crippen LogP contribution >= 0.6 is 0 Å². The standard InChI is InChI=1S/C29H22F5N5O2/c1-15(37-23-8-7-17(30)11-22(23)29(32,33)34)19-9-18(31)10-21-20(19)12-25(39(3)28(21)41)16-13-35-27(36-14-16)24-5-4-6-26(40)38(24)2/h4-15,37H,1-3H3/t15-/m1/s1. The maximum absolute atomic E-state index is 14.7. The number of anilines is 1. The van der Waals surface area contributed by atoms with Gasteiger partial charge in [0.05, 0.1) is 22.3 Å². The number of nitrogens with zero attached hydrogens (tertiary/aromatic N) is 4. The van der Waals surface area contributed by atoms with Crippen LogP contribution in [0, 0.1) is 11.6 Å². The van der Waals surface area contributed by atoms with E-state index in [-0.39, 0.29) is 22.3 Å². The number of hydrogen-bond acceptors (Lipinski definition) is 5. The molecule has 0 bridgehead atoms. The summed E-state index contributed by atoms with van der Waals surface area (Å²) in [6.07, 6.45) is -1.89. The summed E-state index contributed by atoms with van der Waals surface area (Å²) < 4.78 is 71.7. The van der Waals surface area contributed by atoms with Crippen LogP contribution in [0.2, 0.25) is 0 Å². The van der Waals surface area contributed by atoms with Gasteiger partial charge in [0.25, 0.3) is 11.1 Å². The van der Waals surface area contributed by atoms with Gasteiger partial charge in [-0.3, -0.25) is 9.59 Å². The number of benzene rings is 2. The summed E-state index contributed by atoms with van der Waals surface area (Å²) in [5.41, 5.74) is -0.891. The topological polar surface area (TPSA) is 81.8 Å². The van der Waals surface area contributed by atoms with Gasteiger partial charge >= 0.3 is 6.18 Å². The van der Waals surface area contributed by atoms with E-state index in [2.05, 4.69) is 15.3 Å². The first-order valence-electron chi connectivity index (χ1n) is 12.3. The van der Waals surface area contributed by atoms with Crippen molar-refractivity contribution in [1.29, 1.82) is 0 Å². The molecule has 210 valence electrons. The molecule has 0 radical (unpaired) electrons. The Hall–Kier alpha value is -4.87. The predicted octanol–water partition coefficient (Wildman–Crippen LogP) is 5.83. The van der Waals surface area contributed by atoms with Crippen LogP contribution in [0.3, 0.4) is 0 Å². The van der Waals surface area contributed by atoms with E-state index in [1.807, 2.05) is 0 Å². The van der Waals surface area contributed by atoms with Crippen molar-refractivity contribution < 1.29 is 22.0 Å². The van der Waals surface area contributed by atoms with Crippen molar-refractivity contribution in [3.63, 3.8) is 0 Å². The van der Waals surface area contributed by atoms with Crippen LogP contribution in [-0.4, -0.2) is 19.1 Å². The van der Waals surface area contributed by atoms with Gasteiger partial charge in [-0.05, 0) is 60.3 Å². The summed E-state index contributed by atoms with van der Waals surface area (Å²) in [5, 5.41) is 3.01. The zero-order valence-electron chi connectivity index (χ0n) is 21.9. The van der Waals surface area contributed by atoms with Crippen molar-refractivity contribution in [2.45, 2.75) is 19.1 Å². The van der Waals surface area contributed by atoms with Crippen LogP contribution in [0.4, 0.5) is 27.6 Å². The number of pyridine rings is 2. The Morgan fingerprint density at radius 3 is 2.22 bits per heavy atom. The molecule has 41 heavy (non-hydrogen) atoms. The van der Waals surface area contributed by atoms with Crippen molar-refractivity contribution in [3.8, 4) is 22.8 Å². The lowest BCUT2D eigenvalue weighted by Crippen LogP contribution is -2.20. The average Bonchev–Trinajstić information content (AvgIpc) is 2.92. The monoisotopic (exact) mass is 567 g/mol. The Balaban J connectivity index is 1.61. The highest BCUT2D eigenvalue weighted by molar-refractivity contribution is 5.89. The second kappa shape index (κ2) is 10.3. The quantitative estimate of drug-likeness (QED) is 0.270. The van der Waals surface area contributed by atoms with Crippen LogP contribution in [0.1, 0.15) is 24.1 Å². The molecule has 1 atom stereocenters. The Morgan fingerprint density at radius 1 is 0.829 bits per heavy atom. The SMILES string of the molecule is C[C@@H](Nc1ccc(F)cc1C(F)(F)F)c1cc(F)cc2c(=O)n(C)c(-c3cnc(-c4cccc(=O)n4C)nc3)cc12. The van der Waals surface area contributed by atoms with Gasteiger partial charge in [-0.1, -0.05) is 6.07 Å². The average molecular weight is 568 g/mol. The van der Waals surface area contributed by atoms with Crippen molar-refractivity contribution in [2.75, 3.05) is 5.32 Å². The van der Waals surface area contributed by atoms with E-state index < -0.39 is 40.7 Å². The lowest BCUT2D eigenvalue weighted by atomic mass is 9.98. The van der Waals surface area contributed by atoms with Crippen LogP contribution in [0.5, 0.6) is 0 Å². The van der Waals surface area contributed by atoms with Crippen molar-refractivity contribution >= 4 is 16.5 Å². The first-order valence-corrected chi connectivity index (χ1v) is 12.3. The van der Waals surface area contributed by atoms with Crippen LogP contribution < -0.4 is 16.4 Å². The Bertz CT molecular complexity index is 1910. The number of alkyl halides is 3. The summed E-state index contributed by atoms with van der Waals surface area (Å²) in [6.45, 7) is 1.51. The minimum Gasteiger partial charge on any atom is -0.378 e. The molecule has 0 spiro atoms. The predicted molar refractivity (Wildman–Crippen MR) is 144 cm³/mol. The molecular weight excluding hydrogens is 545 g/mol. The molecule has 0 amide bonds. The number of rotatable bonds is 5. The first kappa shape index (κ1) is 27.7. The fraction of sp³-hybridized carbons (Fsp3) is 0.172.